The van der Waals surface area contributed by atoms with Gasteiger partial charge in [0.15, 0.2) is 0 Å². The molecular weight excluding hydrogens is 260 g/mol. The zero-order valence-corrected chi connectivity index (χ0v) is 12.5. The van der Waals surface area contributed by atoms with E-state index in [1.54, 1.807) is 0 Å². The van der Waals surface area contributed by atoms with Crippen LogP contribution in [0.4, 0.5) is 0 Å². The first kappa shape index (κ1) is 14.7. The van der Waals surface area contributed by atoms with Crippen LogP contribution >= 0.6 is 11.6 Å². The predicted octanol–water partition coefficient (Wildman–Crippen LogP) is 4.19. The molecule has 0 saturated heterocycles. The maximum absolute atomic E-state index is 6.17. The summed E-state index contributed by atoms with van der Waals surface area (Å²) in [7, 11) is 0. The van der Waals surface area contributed by atoms with Gasteiger partial charge in [-0.15, -0.1) is 11.6 Å². The van der Waals surface area contributed by atoms with Gasteiger partial charge in [-0.2, -0.15) is 0 Å². The first-order valence-corrected chi connectivity index (χ1v) is 7.69. The van der Waals surface area contributed by atoms with E-state index >= 15 is 0 Å². The molecular formula is C16H23ClO2. The van der Waals surface area contributed by atoms with E-state index in [0.29, 0.717) is 0 Å². The molecule has 3 unspecified atom stereocenters. The van der Waals surface area contributed by atoms with Gasteiger partial charge in [0.25, 0.3) is 0 Å². The van der Waals surface area contributed by atoms with Crippen molar-refractivity contribution in [1.82, 2.24) is 0 Å². The summed E-state index contributed by atoms with van der Waals surface area (Å²) in [5.41, 5.74) is 1.36. The summed E-state index contributed by atoms with van der Waals surface area (Å²) in [4.78, 5) is 0. The highest BCUT2D eigenvalue weighted by molar-refractivity contribution is 6.21. The van der Waals surface area contributed by atoms with Crippen LogP contribution in [-0.2, 0) is 11.2 Å². The Kier molecular flexibility index (Phi) is 5.53. The lowest BCUT2D eigenvalue weighted by atomic mass is 9.91. The SMILES string of the molecule is CCCOC1C(Cl)CC1Oc1ccc(CCC)cc1. The van der Waals surface area contributed by atoms with Gasteiger partial charge in [-0.3, -0.25) is 0 Å². The lowest BCUT2D eigenvalue weighted by Gasteiger charge is -2.40. The molecule has 1 saturated carbocycles. The largest absolute Gasteiger partial charge is 0.488 e. The third-order valence-electron chi connectivity index (χ3n) is 3.44. The fraction of sp³-hybridized carbons (Fsp3) is 0.625. The highest BCUT2D eigenvalue weighted by Crippen LogP contribution is 2.33. The highest BCUT2D eigenvalue weighted by Gasteiger charge is 2.42. The Bertz CT molecular complexity index is 377. The quantitative estimate of drug-likeness (QED) is 0.698. The van der Waals surface area contributed by atoms with E-state index < -0.39 is 0 Å². The zero-order chi connectivity index (χ0) is 13.7. The Morgan fingerprint density at radius 3 is 2.47 bits per heavy atom. The van der Waals surface area contributed by atoms with E-state index in [-0.39, 0.29) is 17.6 Å². The third-order valence-corrected chi connectivity index (χ3v) is 3.87. The van der Waals surface area contributed by atoms with E-state index in [1.165, 1.54) is 12.0 Å². The van der Waals surface area contributed by atoms with Crippen LogP contribution in [0, 0.1) is 0 Å². The second kappa shape index (κ2) is 7.16. The van der Waals surface area contributed by atoms with E-state index in [0.717, 1.165) is 31.6 Å². The molecule has 2 nitrogen and oxygen atoms in total. The second-order valence-electron chi connectivity index (χ2n) is 5.14. The van der Waals surface area contributed by atoms with Gasteiger partial charge in [-0.25, -0.2) is 0 Å². The lowest BCUT2D eigenvalue weighted by Crippen LogP contribution is -2.52. The van der Waals surface area contributed by atoms with Gasteiger partial charge in [0.2, 0.25) is 0 Å². The molecule has 3 heteroatoms. The van der Waals surface area contributed by atoms with Crippen molar-refractivity contribution in [3.8, 4) is 5.75 Å². The van der Waals surface area contributed by atoms with E-state index in [2.05, 4.69) is 26.0 Å². The topological polar surface area (TPSA) is 18.5 Å². The molecule has 0 spiro atoms. The van der Waals surface area contributed by atoms with E-state index in [9.17, 15) is 0 Å². The van der Waals surface area contributed by atoms with Gasteiger partial charge < -0.3 is 9.47 Å². The first-order chi connectivity index (χ1) is 9.24. The average molecular weight is 283 g/mol. The van der Waals surface area contributed by atoms with Crippen molar-refractivity contribution in [3.05, 3.63) is 29.8 Å². The molecule has 1 aliphatic rings. The molecule has 0 N–H and O–H groups in total. The van der Waals surface area contributed by atoms with Gasteiger partial charge in [0.1, 0.15) is 18.0 Å². The molecule has 0 aromatic heterocycles. The summed E-state index contributed by atoms with van der Waals surface area (Å²) < 4.78 is 11.7. The van der Waals surface area contributed by atoms with Crippen molar-refractivity contribution < 1.29 is 9.47 Å². The fourth-order valence-corrected chi connectivity index (χ4v) is 2.72. The number of rotatable bonds is 7. The number of halogens is 1. The molecule has 106 valence electrons. The molecule has 0 aliphatic heterocycles. The summed E-state index contributed by atoms with van der Waals surface area (Å²) in [5.74, 6) is 0.915. The molecule has 0 bridgehead atoms. The molecule has 1 aliphatic carbocycles. The van der Waals surface area contributed by atoms with E-state index in [1.807, 2.05) is 12.1 Å². The zero-order valence-electron chi connectivity index (χ0n) is 11.8. The third kappa shape index (κ3) is 3.87. The molecule has 1 aromatic rings. The van der Waals surface area contributed by atoms with Crippen LogP contribution in [-0.4, -0.2) is 24.2 Å². The molecule has 0 radical (unpaired) electrons. The minimum Gasteiger partial charge on any atom is -0.488 e. The van der Waals surface area contributed by atoms with Crippen molar-refractivity contribution in [2.45, 2.75) is 57.1 Å². The van der Waals surface area contributed by atoms with Crippen LogP contribution in [0.15, 0.2) is 24.3 Å². The molecule has 0 heterocycles. The van der Waals surface area contributed by atoms with Gasteiger partial charge in [0, 0.05) is 13.0 Å². The summed E-state index contributed by atoms with van der Waals surface area (Å²) in [6, 6.07) is 8.36. The Hall–Kier alpha value is -0.730. The Morgan fingerprint density at radius 1 is 1.16 bits per heavy atom. The van der Waals surface area contributed by atoms with Crippen molar-refractivity contribution in [3.63, 3.8) is 0 Å². The van der Waals surface area contributed by atoms with Crippen molar-refractivity contribution >= 4 is 11.6 Å². The highest BCUT2D eigenvalue weighted by atomic mass is 35.5. The number of ether oxygens (including phenoxy) is 2. The van der Waals surface area contributed by atoms with Gasteiger partial charge >= 0.3 is 0 Å². The fourth-order valence-electron chi connectivity index (χ4n) is 2.31. The minimum absolute atomic E-state index is 0.0388. The lowest BCUT2D eigenvalue weighted by molar-refractivity contribution is -0.0797. The minimum atomic E-state index is 0.0388. The number of benzene rings is 1. The van der Waals surface area contributed by atoms with Crippen LogP contribution in [0.25, 0.3) is 0 Å². The molecule has 19 heavy (non-hydrogen) atoms. The molecule has 0 amide bonds. The maximum Gasteiger partial charge on any atom is 0.128 e. The van der Waals surface area contributed by atoms with Crippen molar-refractivity contribution in [2.24, 2.45) is 0 Å². The summed E-state index contributed by atoms with van der Waals surface area (Å²) in [6.07, 6.45) is 4.31. The summed E-state index contributed by atoms with van der Waals surface area (Å²) in [5, 5.41) is 0.0934. The van der Waals surface area contributed by atoms with Gasteiger partial charge in [-0.05, 0) is 30.5 Å². The molecule has 2 rings (SSSR count). The van der Waals surface area contributed by atoms with Crippen LogP contribution in [0.5, 0.6) is 5.75 Å². The standard InChI is InChI=1S/C16H23ClO2/c1-3-5-12-6-8-13(9-7-12)19-15-11-14(17)16(15)18-10-4-2/h6-9,14-16H,3-5,10-11H2,1-2H3. The Morgan fingerprint density at radius 2 is 1.89 bits per heavy atom. The van der Waals surface area contributed by atoms with Gasteiger partial charge in [-0.1, -0.05) is 32.4 Å². The van der Waals surface area contributed by atoms with Crippen molar-refractivity contribution in [2.75, 3.05) is 6.61 Å². The van der Waals surface area contributed by atoms with Crippen molar-refractivity contribution in [1.29, 1.82) is 0 Å². The Labute approximate surface area is 121 Å². The monoisotopic (exact) mass is 282 g/mol. The first-order valence-electron chi connectivity index (χ1n) is 7.25. The number of hydrogen-bond donors (Lipinski definition) is 0. The van der Waals surface area contributed by atoms with Crippen LogP contribution < -0.4 is 4.74 Å². The van der Waals surface area contributed by atoms with E-state index in [4.69, 9.17) is 21.1 Å². The van der Waals surface area contributed by atoms with Crippen LogP contribution in [0.1, 0.15) is 38.7 Å². The van der Waals surface area contributed by atoms with Crippen LogP contribution in [0.3, 0.4) is 0 Å². The molecule has 1 aromatic carbocycles. The maximum atomic E-state index is 6.17. The van der Waals surface area contributed by atoms with Crippen LogP contribution in [0.2, 0.25) is 0 Å². The molecule has 3 atom stereocenters. The smallest absolute Gasteiger partial charge is 0.128 e. The van der Waals surface area contributed by atoms with Gasteiger partial charge in [0.05, 0.1) is 5.38 Å². The second-order valence-corrected chi connectivity index (χ2v) is 5.70. The summed E-state index contributed by atoms with van der Waals surface area (Å²) >= 11 is 6.17. The summed E-state index contributed by atoms with van der Waals surface area (Å²) in [6.45, 7) is 5.04. The Balaban J connectivity index is 1.86. The normalized spacial score (nSPS) is 25.9. The predicted molar refractivity (Wildman–Crippen MR) is 79.1 cm³/mol. The molecule has 1 fully saturated rings. The number of aryl methyl sites for hydroxylation is 1. The number of hydrogen-bond acceptors (Lipinski definition) is 2. The average Bonchev–Trinajstić information content (AvgIpc) is 2.41. The number of alkyl halides is 1.